The molecule has 0 bridgehead atoms. The summed E-state index contributed by atoms with van der Waals surface area (Å²) in [5.74, 6) is -0.174. The Morgan fingerprint density at radius 1 is 0.951 bits per heavy atom. The fourth-order valence-corrected chi connectivity index (χ4v) is 5.57. The standard InChI is InChI=1S/C32H38N4O4S/c1-23(2)22-30(32(37)35-17-16-33)40-31(27-10-14-29(15-11-27)41(3,38)39)26-6-4-24(5-7-26)25-8-12-28(13-9-25)36-20-18-34-19-21-36/h4-15,23,30-31,34H,17-22H2,1-3H3,(H,35,37)/t30-,31?/m0/s1. The van der Waals surface area contributed by atoms with Gasteiger partial charge in [-0.25, -0.2) is 8.42 Å². The van der Waals surface area contributed by atoms with Gasteiger partial charge >= 0.3 is 0 Å². The van der Waals surface area contributed by atoms with Crippen molar-refractivity contribution in [1.82, 2.24) is 10.6 Å². The highest BCUT2D eigenvalue weighted by atomic mass is 32.2. The van der Waals surface area contributed by atoms with E-state index < -0.39 is 22.0 Å². The van der Waals surface area contributed by atoms with Crippen LogP contribution in [0, 0.1) is 17.2 Å². The second-order valence-electron chi connectivity index (χ2n) is 10.8. The summed E-state index contributed by atoms with van der Waals surface area (Å²) in [5, 5.41) is 15.0. The number of ether oxygens (including phenoxy) is 1. The van der Waals surface area contributed by atoms with Crippen LogP contribution >= 0.6 is 0 Å². The SMILES string of the molecule is CC(C)C[C@H](OC(c1ccc(-c2ccc(N3CCNCC3)cc2)cc1)c1ccc(S(C)(=O)=O)cc1)C(=O)NCC#N. The molecule has 0 aliphatic carbocycles. The van der Waals surface area contributed by atoms with Gasteiger partial charge in [0.05, 0.1) is 11.0 Å². The molecule has 0 radical (unpaired) electrons. The summed E-state index contributed by atoms with van der Waals surface area (Å²) >= 11 is 0. The average Bonchev–Trinajstić information content (AvgIpc) is 2.98. The van der Waals surface area contributed by atoms with E-state index >= 15 is 0 Å². The van der Waals surface area contributed by atoms with E-state index in [2.05, 4.69) is 39.8 Å². The summed E-state index contributed by atoms with van der Waals surface area (Å²) in [6.07, 6.45) is 0.222. The van der Waals surface area contributed by atoms with Crippen LogP contribution in [-0.2, 0) is 19.4 Å². The molecule has 41 heavy (non-hydrogen) atoms. The normalized spacial score (nSPS) is 15.2. The lowest BCUT2D eigenvalue weighted by Gasteiger charge is -2.29. The highest BCUT2D eigenvalue weighted by Crippen LogP contribution is 2.32. The minimum absolute atomic E-state index is 0.105. The molecule has 9 heteroatoms. The van der Waals surface area contributed by atoms with E-state index in [0.717, 1.165) is 48.4 Å². The van der Waals surface area contributed by atoms with Gasteiger partial charge < -0.3 is 20.3 Å². The smallest absolute Gasteiger partial charge is 0.250 e. The maximum atomic E-state index is 12.9. The molecular formula is C32H38N4O4S. The van der Waals surface area contributed by atoms with Crippen LogP contribution in [0.25, 0.3) is 11.1 Å². The Hall–Kier alpha value is -3.71. The van der Waals surface area contributed by atoms with Gasteiger partial charge in [0, 0.05) is 38.1 Å². The fraction of sp³-hybridized carbons (Fsp3) is 0.375. The molecule has 1 heterocycles. The third-order valence-corrected chi connectivity index (χ3v) is 8.26. The topological polar surface area (TPSA) is 112 Å². The van der Waals surface area contributed by atoms with Gasteiger partial charge in [0.15, 0.2) is 9.84 Å². The number of carbonyl (C=O) groups excluding carboxylic acids is 1. The number of nitrogens with one attached hydrogen (secondary N) is 2. The van der Waals surface area contributed by atoms with Crippen molar-refractivity contribution in [3.8, 4) is 17.2 Å². The summed E-state index contributed by atoms with van der Waals surface area (Å²) in [5.41, 5.74) is 4.92. The van der Waals surface area contributed by atoms with E-state index in [1.165, 1.54) is 11.9 Å². The van der Waals surface area contributed by atoms with E-state index in [1.807, 2.05) is 44.2 Å². The molecule has 1 unspecified atom stereocenters. The second kappa shape index (κ2) is 13.8. The minimum atomic E-state index is -3.36. The highest BCUT2D eigenvalue weighted by molar-refractivity contribution is 7.90. The van der Waals surface area contributed by atoms with Crippen LogP contribution in [-0.4, -0.2) is 59.4 Å². The van der Waals surface area contributed by atoms with E-state index in [1.54, 1.807) is 24.3 Å². The lowest BCUT2D eigenvalue weighted by atomic mass is 9.97. The molecule has 3 aromatic carbocycles. The Kier molecular flexibility index (Phi) is 10.2. The second-order valence-corrected chi connectivity index (χ2v) is 12.8. The minimum Gasteiger partial charge on any atom is -0.369 e. The first-order chi connectivity index (χ1) is 19.7. The first-order valence-corrected chi connectivity index (χ1v) is 15.8. The number of hydrogen-bond donors (Lipinski definition) is 2. The molecule has 0 saturated carbocycles. The van der Waals surface area contributed by atoms with E-state index in [9.17, 15) is 13.2 Å². The molecule has 1 amide bonds. The lowest BCUT2D eigenvalue weighted by molar-refractivity contribution is -0.136. The molecule has 1 fully saturated rings. The Labute approximate surface area is 243 Å². The van der Waals surface area contributed by atoms with Crippen molar-refractivity contribution in [2.24, 2.45) is 5.92 Å². The van der Waals surface area contributed by atoms with Crippen LogP contribution < -0.4 is 15.5 Å². The molecule has 216 valence electrons. The van der Waals surface area contributed by atoms with Crippen LogP contribution in [0.3, 0.4) is 0 Å². The summed E-state index contributed by atoms with van der Waals surface area (Å²) in [4.78, 5) is 15.5. The maximum Gasteiger partial charge on any atom is 0.250 e. The van der Waals surface area contributed by atoms with Gasteiger partial charge in [0.1, 0.15) is 18.8 Å². The van der Waals surface area contributed by atoms with Gasteiger partial charge in [0.2, 0.25) is 5.91 Å². The number of rotatable bonds is 11. The lowest BCUT2D eigenvalue weighted by Crippen LogP contribution is -2.43. The van der Waals surface area contributed by atoms with Gasteiger partial charge in [0.25, 0.3) is 0 Å². The van der Waals surface area contributed by atoms with Gasteiger partial charge in [-0.05, 0) is 58.9 Å². The Morgan fingerprint density at radius 2 is 1.49 bits per heavy atom. The molecule has 0 spiro atoms. The molecule has 2 N–H and O–H groups in total. The number of amides is 1. The van der Waals surface area contributed by atoms with Crippen molar-refractivity contribution in [3.63, 3.8) is 0 Å². The number of sulfone groups is 1. The van der Waals surface area contributed by atoms with Crippen molar-refractivity contribution in [2.45, 2.75) is 37.4 Å². The molecule has 4 rings (SSSR count). The first kappa shape index (κ1) is 30.3. The maximum absolute atomic E-state index is 12.9. The van der Waals surface area contributed by atoms with E-state index in [-0.39, 0.29) is 23.3 Å². The van der Waals surface area contributed by atoms with Gasteiger partial charge in [-0.15, -0.1) is 0 Å². The van der Waals surface area contributed by atoms with Gasteiger partial charge in [-0.2, -0.15) is 5.26 Å². The van der Waals surface area contributed by atoms with Crippen LogP contribution in [0.2, 0.25) is 0 Å². The van der Waals surface area contributed by atoms with Crippen molar-refractivity contribution >= 4 is 21.4 Å². The first-order valence-electron chi connectivity index (χ1n) is 13.9. The number of nitriles is 1. The Morgan fingerprint density at radius 3 is 2.00 bits per heavy atom. The highest BCUT2D eigenvalue weighted by Gasteiger charge is 2.27. The zero-order valence-corrected chi connectivity index (χ0v) is 24.7. The molecular weight excluding hydrogens is 536 g/mol. The van der Waals surface area contributed by atoms with Crippen LogP contribution in [0.1, 0.15) is 37.5 Å². The van der Waals surface area contributed by atoms with Crippen molar-refractivity contribution in [2.75, 3.05) is 43.9 Å². The summed E-state index contributed by atoms with van der Waals surface area (Å²) < 4.78 is 30.5. The predicted molar refractivity (Wildman–Crippen MR) is 161 cm³/mol. The van der Waals surface area contributed by atoms with Crippen molar-refractivity contribution in [1.29, 1.82) is 5.26 Å². The fourth-order valence-electron chi connectivity index (χ4n) is 4.93. The Balaban J connectivity index is 1.62. The third kappa shape index (κ3) is 8.17. The predicted octanol–water partition coefficient (Wildman–Crippen LogP) is 4.33. The average molecular weight is 575 g/mol. The van der Waals surface area contributed by atoms with Gasteiger partial charge in [-0.1, -0.05) is 62.4 Å². The number of hydrogen-bond acceptors (Lipinski definition) is 7. The van der Waals surface area contributed by atoms with E-state index in [4.69, 9.17) is 10.00 Å². The molecule has 8 nitrogen and oxygen atoms in total. The largest absolute Gasteiger partial charge is 0.369 e. The van der Waals surface area contributed by atoms with E-state index in [0.29, 0.717) is 6.42 Å². The number of nitrogens with zero attached hydrogens (tertiary/aromatic N) is 2. The summed E-state index contributed by atoms with van der Waals surface area (Å²) in [6, 6.07) is 25.1. The Bertz CT molecular complexity index is 1440. The van der Waals surface area contributed by atoms with Crippen molar-refractivity contribution in [3.05, 3.63) is 83.9 Å². The zero-order chi connectivity index (χ0) is 29.4. The van der Waals surface area contributed by atoms with Crippen LogP contribution in [0.5, 0.6) is 0 Å². The monoisotopic (exact) mass is 574 g/mol. The zero-order valence-electron chi connectivity index (χ0n) is 23.8. The van der Waals surface area contributed by atoms with Crippen LogP contribution in [0.4, 0.5) is 5.69 Å². The number of benzene rings is 3. The third-order valence-electron chi connectivity index (χ3n) is 7.13. The molecule has 0 aromatic heterocycles. The number of piperazine rings is 1. The molecule has 1 aliphatic heterocycles. The molecule has 2 atom stereocenters. The summed E-state index contributed by atoms with van der Waals surface area (Å²) in [6.45, 7) is 7.87. The molecule has 1 saturated heterocycles. The number of anilines is 1. The van der Waals surface area contributed by atoms with Crippen molar-refractivity contribution < 1.29 is 17.9 Å². The summed E-state index contributed by atoms with van der Waals surface area (Å²) in [7, 11) is -3.36. The van der Waals surface area contributed by atoms with Crippen LogP contribution in [0.15, 0.2) is 77.7 Å². The quantitative estimate of drug-likeness (QED) is 0.328. The molecule has 3 aromatic rings. The number of carbonyl (C=O) groups is 1. The molecule has 1 aliphatic rings. The van der Waals surface area contributed by atoms with Gasteiger partial charge in [-0.3, -0.25) is 4.79 Å².